The van der Waals surface area contributed by atoms with E-state index < -0.39 is 17.8 Å². The Hall–Kier alpha value is -2.88. The number of carbonyl (C=O) groups excluding carboxylic acids is 1. The van der Waals surface area contributed by atoms with Crippen molar-refractivity contribution in [2.45, 2.75) is 31.1 Å². The number of anilines is 2. The van der Waals surface area contributed by atoms with Crippen LogP contribution < -0.4 is 11.1 Å². The predicted molar refractivity (Wildman–Crippen MR) is 124 cm³/mol. The number of alkyl halides is 3. The van der Waals surface area contributed by atoms with Crippen LogP contribution in [0.2, 0.25) is 0 Å². The van der Waals surface area contributed by atoms with Crippen LogP contribution in [-0.4, -0.2) is 65.8 Å². The van der Waals surface area contributed by atoms with E-state index in [0.29, 0.717) is 31.3 Å². The smallest absolute Gasteiger partial charge is 0.379 e. The number of carbonyl (C=O) groups is 1. The molecule has 2 heterocycles. The average molecular weight is 497 g/mol. The number of thioether (sulfide) groups is 1. The summed E-state index contributed by atoms with van der Waals surface area (Å²) in [4.78, 5) is 23.4. The molecule has 0 unspecified atom stereocenters. The maximum atomic E-state index is 13.2. The number of nitrogens with zero attached hydrogens (tertiary/aromatic N) is 4. The Morgan fingerprint density at radius 3 is 2.68 bits per heavy atom. The fourth-order valence-electron chi connectivity index (χ4n) is 3.43. The zero-order valence-electron chi connectivity index (χ0n) is 17.9. The number of nitrogens with two attached hydrogens (primary N) is 1. The van der Waals surface area contributed by atoms with E-state index in [-0.39, 0.29) is 49.1 Å². The highest BCUT2D eigenvalue weighted by atomic mass is 32.2. The summed E-state index contributed by atoms with van der Waals surface area (Å²) in [5.74, 6) is -0.283. The molecule has 3 N–H and O–H groups in total. The molecule has 1 atom stereocenters. The summed E-state index contributed by atoms with van der Waals surface area (Å²) in [6.07, 6.45) is -2.99. The minimum Gasteiger partial charge on any atom is -0.379 e. The van der Waals surface area contributed by atoms with Gasteiger partial charge < -0.3 is 15.8 Å². The van der Waals surface area contributed by atoms with Crippen LogP contribution in [0.5, 0.6) is 0 Å². The summed E-state index contributed by atoms with van der Waals surface area (Å²) in [6, 6.07) is 5.88. The maximum absolute atomic E-state index is 13.2. The topological polar surface area (TPSA) is 117 Å². The second-order valence-electron chi connectivity index (χ2n) is 7.38. The Kier molecular flexibility index (Phi) is 9.66. The van der Waals surface area contributed by atoms with E-state index in [4.69, 9.17) is 10.5 Å². The molecular weight excluding hydrogens is 469 g/mol. The summed E-state index contributed by atoms with van der Waals surface area (Å²) >= 11 is 1.21. The number of ether oxygens (including phenoxy) is 1. The average Bonchev–Trinajstić information content (AvgIpc) is 2.78. The lowest BCUT2D eigenvalue weighted by molar-refractivity contribution is -0.137. The van der Waals surface area contributed by atoms with Gasteiger partial charge in [0.1, 0.15) is 16.7 Å². The second kappa shape index (κ2) is 12.0. The number of aromatic nitrogens is 2. The Morgan fingerprint density at radius 1 is 1.35 bits per heavy atom. The van der Waals surface area contributed by atoms with Crippen molar-refractivity contribution in [1.82, 2.24) is 14.9 Å². The number of Topliss-reactive ketones (excluding diaryl/α,β-unsaturated/α-hetero) is 1. The van der Waals surface area contributed by atoms with E-state index in [1.54, 1.807) is 6.26 Å². The van der Waals surface area contributed by atoms with E-state index in [1.165, 1.54) is 23.9 Å². The molecule has 3 rings (SSSR count). The number of rotatable bonds is 8. The molecule has 1 aromatic heterocycles. The lowest BCUT2D eigenvalue weighted by Gasteiger charge is -2.30. The number of hydrogen-bond donors (Lipinski definition) is 2. The summed E-state index contributed by atoms with van der Waals surface area (Å²) < 4.78 is 44.6. The van der Waals surface area contributed by atoms with Gasteiger partial charge in [-0.3, -0.25) is 9.69 Å². The Morgan fingerprint density at radius 2 is 2.06 bits per heavy atom. The number of hydrogen-bond acceptors (Lipinski definition) is 9. The fourth-order valence-corrected chi connectivity index (χ4v) is 3.96. The number of halogens is 3. The van der Waals surface area contributed by atoms with Crippen LogP contribution in [0, 0.1) is 11.3 Å². The lowest BCUT2D eigenvalue weighted by atomic mass is 10.0. The first-order chi connectivity index (χ1) is 15.7. The van der Waals surface area contributed by atoms with E-state index >= 15 is 0 Å². The molecule has 0 radical (unpaired) electrons. The molecule has 1 fully saturated rings. The number of morpholine rings is 1. The molecule has 0 saturated carbocycles. The van der Waals surface area contributed by atoms with Gasteiger partial charge in [-0.2, -0.15) is 23.4 Å². The quantitative estimate of drug-likeness (QED) is 0.420. The molecule has 0 aliphatic carbocycles. The zero-order chi connectivity index (χ0) is 24.0. The third kappa shape index (κ3) is 7.06. The van der Waals surface area contributed by atoms with Gasteiger partial charge in [0.25, 0.3) is 0 Å². The summed E-state index contributed by atoms with van der Waals surface area (Å²) in [7, 11) is 0. The highest BCUT2D eigenvalue weighted by molar-refractivity contribution is 7.98. The zero-order valence-corrected chi connectivity index (χ0v) is 18.7. The van der Waals surface area contributed by atoms with Crippen LogP contribution in [0.4, 0.5) is 24.9 Å². The van der Waals surface area contributed by atoms with E-state index in [9.17, 15) is 23.2 Å². The van der Waals surface area contributed by atoms with E-state index in [0.717, 1.165) is 12.1 Å². The molecule has 8 nitrogen and oxygen atoms in total. The van der Waals surface area contributed by atoms with Gasteiger partial charge in [-0.15, -0.1) is 11.8 Å². The van der Waals surface area contributed by atoms with Gasteiger partial charge in [-0.25, -0.2) is 4.98 Å². The first-order valence-electron chi connectivity index (χ1n) is 10.1. The van der Waals surface area contributed by atoms with Crippen LogP contribution in [0.3, 0.4) is 0 Å². The van der Waals surface area contributed by atoms with Crippen molar-refractivity contribution in [3.05, 3.63) is 41.0 Å². The maximum Gasteiger partial charge on any atom is 0.416 e. The monoisotopic (exact) mass is 496 g/mol. The van der Waals surface area contributed by atoms with Gasteiger partial charge in [0.15, 0.2) is 11.6 Å². The third-order valence-corrected chi connectivity index (χ3v) is 5.76. The van der Waals surface area contributed by atoms with E-state index in [1.807, 2.05) is 11.0 Å². The molecule has 1 saturated heterocycles. The van der Waals surface area contributed by atoms with Crippen LogP contribution in [0.25, 0.3) is 0 Å². The largest absolute Gasteiger partial charge is 0.416 e. The molecule has 0 spiro atoms. The summed E-state index contributed by atoms with van der Waals surface area (Å²) in [6.45, 7) is 2.48. The normalized spacial score (nSPS) is 15.1. The molecule has 1 aromatic carbocycles. The predicted octanol–water partition coefficient (Wildman–Crippen LogP) is 3.23. The van der Waals surface area contributed by atoms with Crippen LogP contribution in [0.15, 0.2) is 29.3 Å². The van der Waals surface area contributed by atoms with Crippen molar-refractivity contribution in [2.24, 2.45) is 0 Å². The molecule has 1 aliphatic heterocycles. The third-order valence-electron chi connectivity index (χ3n) is 5.08. The van der Waals surface area contributed by atoms with Crippen LogP contribution >= 0.6 is 11.8 Å². The molecule has 2 aromatic rings. The lowest BCUT2D eigenvalue weighted by Crippen LogP contribution is -2.47. The van der Waals surface area contributed by atoms with Crippen molar-refractivity contribution in [3.8, 4) is 6.07 Å². The highest BCUT2D eigenvalue weighted by Crippen LogP contribution is 2.30. The van der Waals surface area contributed by atoms with Crippen LogP contribution in [0.1, 0.15) is 24.1 Å². The van der Waals surface area contributed by atoms with Crippen molar-refractivity contribution in [3.63, 3.8) is 0 Å². The second-order valence-corrected chi connectivity index (χ2v) is 8.17. The van der Waals surface area contributed by atoms with Crippen molar-refractivity contribution < 1.29 is 22.7 Å². The number of nitriles is 1. The standard InChI is InChI=1S/C21H23F3N6O2S.CH4/c1-33-19-15(11-25)18(28-20(26)29-19)27-16(12-30-5-7-32-8-6-30)17(31)10-13-3-2-4-14(9-13)21(22,23)24;/h2-4,9,16H,5-8,10,12H2,1H3,(H3,26,27,28,29);1H4/t16-;/m0./s1. The number of benzene rings is 1. The van der Waals surface area contributed by atoms with Gasteiger partial charge in [0.2, 0.25) is 5.95 Å². The summed E-state index contributed by atoms with van der Waals surface area (Å²) in [5, 5.41) is 13.0. The molecule has 12 heteroatoms. The van der Waals surface area contributed by atoms with Crippen molar-refractivity contribution in [2.75, 3.05) is 50.2 Å². The Labute approximate surface area is 200 Å². The SMILES string of the molecule is C.CSc1nc(N)nc(N[C@@H](CN2CCOCC2)C(=O)Cc2cccc(C(F)(F)F)c2)c1C#N. The molecule has 34 heavy (non-hydrogen) atoms. The van der Waals surface area contributed by atoms with E-state index in [2.05, 4.69) is 15.3 Å². The van der Waals surface area contributed by atoms with Crippen molar-refractivity contribution >= 4 is 29.3 Å². The summed E-state index contributed by atoms with van der Waals surface area (Å²) in [5.41, 5.74) is 5.35. The van der Waals surface area contributed by atoms with Gasteiger partial charge in [-0.1, -0.05) is 25.6 Å². The van der Waals surface area contributed by atoms with Gasteiger partial charge in [-0.05, 0) is 17.9 Å². The molecule has 0 bridgehead atoms. The van der Waals surface area contributed by atoms with Gasteiger partial charge in [0.05, 0.1) is 24.8 Å². The Bertz CT molecular complexity index is 1040. The minimum absolute atomic E-state index is 0. The highest BCUT2D eigenvalue weighted by Gasteiger charge is 2.31. The minimum atomic E-state index is -4.50. The molecule has 1 aliphatic rings. The number of nitrogen functional groups attached to an aromatic ring is 1. The molecule has 0 amide bonds. The van der Waals surface area contributed by atoms with Crippen LogP contribution in [-0.2, 0) is 22.1 Å². The first kappa shape index (κ1) is 27.4. The number of nitrogens with one attached hydrogen (secondary N) is 1. The molecule has 184 valence electrons. The number of ketones is 1. The first-order valence-corrected chi connectivity index (χ1v) is 11.3. The fraction of sp³-hybridized carbons (Fsp3) is 0.455. The van der Waals surface area contributed by atoms with Gasteiger partial charge in [0, 0.05) is 26.1 Å². The molecular formula is C22H27F3N6O2S. The Balaban J connectivity index is 0.00000408. The van der Waals surface area contributed by atoms with Gasteiger partial charge >= 0.3 is 6.18 Å². The van der Waals surface area contributed by atoms with Crippen molar-refractivity contribution in [1.29, 1.82) is 5.26 Å².